The molecule has 2 saturated heterocycles. The summed E-state index contributed by atoms with van der Waals surface area (Å²) in [5.74, 6) is -2.89. The Morgan fingerprint density at radius 3 is 2.30 bits per heavy atom. The first-order chi connectivity index (χ1) is 19.1. The van der Waals surface area contributed by atoms with E-state index in [0.717, 1.165) is 0 Å². The molecule has 1 atom stereocenters. The highest BCUT2D eigenvalue weighted by Gasteiger charge is 2.66. The number of carbonyl (C=O) groups is 3. The Hall–Kier alpha value is -3.58. The summed E-state index contributed by atoms with van der Waals surface area (Å²) in [6.07, 6.45) is 0. The van der Waals surface area contributed by atoms with Crippen LogP contribution in [0.15, 0.2) is 59.0 Å². The lowest BCUT2D eigenvalue weighted by molar-refractivity contribution is -0.143. The Kier molecular flexibility index (Phi) is 7.29. The summed E-state index contributed by atoms with van der Waals surface area (Å²) in [5, 5.41) is 11.6. The number of ether oxygens (including phenoxy) is 1. The lowest BCUT2D eigenvalue weighted by Crippen LogP contribution is -2.53. The number of ketones is 1. The van der Waals surface area contributed by atoms with Gasteiger partial charge in [-0.1, -0.05) is 18.2 Å². The molecule has 40 heavy (non-hydrogen) atoms. The molecule has 0 saturated carbocycles. The van der Waals surface area contributed by atoms with Crippen molar-refractivity contribution in [3.05, 3.63) is 65.2 Å². The summed E-state index contributed by atoms with van der Waals surface area (Å²) in [5.41, 5.74) is -1.06. The van der Waals surface area contributed by atoms with Crippen LogP contribution in [0, 0.1) is 0 Å². The number of benzene rings is 2. The summed E-state index contributed by atoms with van der Waals surface area (Å²) in [6, 6.07) is 12.4. The predicted molar refractivity (Wildman–Crippen MR) is 147 cm³/mol. The van der Waals surface area contributed by atoms with Gasteiger partial charge in [0.25, 0.3) is 17.6 Å². The van der Waals surface area contributed by atoms with Crippen molar-refractivity contribution in [3.63, 3.8) is 0 Å². The number of aliphatic hydroxyl groups is 1. The molecule has 0 unspecified atom stereocenters. The SMILES string of the molecule is CCN1C(=O)[C@@]2(C(=C(O)c3ccc(S(=O)(=O)N4CCOCC4)cc3)C(=O)C(=O)N2CCN(C)C)c2ccccc21. The number of nitrogens with zero attached hydrogens (tertiary/aromatic N) is 4. The van der Waals surface area contributed by atoms with Gasteiger partial charge in [0.1, 0.15) is 5.76 Å². The highest BCUT2D eigenvalue weighted by Crippen LogP contribution is 2.53. The summed E-state index contributed by atoms with van der Waals surface area (Å²) >= 11 is 0. The average molecular weight is 569 g/mol. The lowest BCUT2D eigenvalue weighted by atomic mass is 9.82. The molecule has 2 fully saturated rings. The van der Waals surface area contributed by atoms with Gasteiger partial charge in [0.2, 0.25) is 10.0 Å². The van der Waals surface area contributed by atoms with E-state index in [0.29, 0.717) is 37.6 Å². The van der Waals surface area contributed by atoms with E-state index in [-0.39, 0.29) is 35.7 Å². The van der Waals surface area contributed by atoms with Crippen LogP contribution in [0.3, 0.4) is 0 Å². The zero-order valence-electron chi connectivity index (χ0n) is 22.7. The number of morpholine rings is 1. The van der Waals surface area contributed by atoms with Gasteiger partial charge >= 0.3 is 0 Å². The number of amides is 2. The second-order valence-corrected chi connectivity index (χ2v) is 12.1. The van der Waals surface area contributed by atoms with Crippen molar-refractivity contribution in [3.8, 4) is 0 Å². The molecule has 2 aromatic carbocycles. The summed E-state index contributed by atoms with van der Waals surface area (Å²) in [4.78, 5) is 45.9. The van der Waals surface area contributed by atoms with Crippen LogP contribution < -0.4 is 4.90 Å². The fourth-order valence-electron chi connectivity index (χ4n) is 5.65. The Balaban J connectivity index is 1.66. The van der Waals surface area contributed by atoms with Crippen LogP contribution in [0.1, 0.15) is 18.1 Å². The van der Waals surface area contributed by atoms with E-state index in [1.807, 2.05) is 19.0 Å². The van der Waals surface area contributed by atoms with Crippen LogP contribution in [0.4, 0.5) is 5.69 Å². The number of rotatable bonds is 7. The minimum absolute atomic E-state index is 0.0199. The van der Waals surface area contributed by atoms with Crippen LogP contribution >= 0.6 is 0 Å². The van der Waals surface area contributed by atoms with Crippen molar-refractivity contribution in [2.24, 2.45) is 0 Å². The van der Waals surface area contributed by atoms with E-state index in [9.17, 15) is 27.9 Å². The number of carbonyl (C=O) groups excluding carboxylic acids is 3. The smallest absolute Gasteiger partial charge is 0.296 e. The van der Waals surface area contributed by atoms with Gasteiger partial charge in [-0.3, -0.25) is 14.4 Å². The first kappa shape index (κ1) is 28.0. The largest absolute Gasteiger partial charge is 0.507 e. The second-order valence-electron chi connectivity index (χ2n) is 10.1. The van der Waals surface area contributed by atoms with Gasteiger partial charge < -0.3 is 24.5 Å². The molecule has 3 aliphatic rings. The van der Waals surface area contributed by atoms with Gasteiger partial charge in [-0.2, -0.15) is 4.31 Å². The third-order valence-corrected chi connectivity index (χ3v) is 9.54. The molecular formula is C28H32N4O7S. The number of hydrogen-bond acceptors (Lipinski definition) is 8. The van der Waals surface area contributed by atoms with E-state index in [4.69, 9.17) is 4.74 Å². The van der Waals surface area contributed by atoms with Crippen molar-refractivity contribution >= 4 is 39.1 Å². The Bertz CT molecular complexity index is 1500. The van der Waals surface area contributed by atoms with Crippen LogP contribution in [-0.2, 0) is 34.7 Å². The molecular weight excluding hydrogens is 536 g/mol. The van der Waals surface area contributed by atoms with Crippen LogP contribution in [0.2, 0.25) is 0 Å². The maximum atomic E-state index is 14.2. The number of hydrogen-bond donors (Lipinski definition) is 1. The number of Topliss-reactive ketones (excluding diaryl/α,β-unsaturated/α-hetero) is 1. The number of likely N-dealkylation sites (N-methyl/N-ethyl adjacent to an activating group) is 2. The number of anilines is 1. The minimum atomic E-state index is -3.79. The molecule has 212 valence electrons. The van der Waals surface area contributed by atoms with Gasteiger partial charge in [0, 0.05) is 43.9 Å². The number of likely N-dealkylation sites (tertiary alicyclic amines) is 1. The number of aliphatic hydroxyl groups excluding tert-OH is 1. The summed E-state index contributed by atoms with van der Waals surface area (Å²) in [6.45, 7) is 3.62. The monoisotopic (exact) mass is 568 g/mol. The first-order valence-corrected chi connectivity index (χ1v) is 14.5. The standard InChI is InChI=1S/C28H32N4O7S/c1-4-31-22-8-6-5-7-21(22)28(27(31)36)23(25(34)26(35)32(28)14-13-29(2)3)24(33)19-9-11-20(12-10-19)40(37,38)30-15-17-39-18-16-30/h5-12,33H,4,13-18H2,1-3H3/t28-/m0/s1. The zero-order valence-corrected chi connectivity index (χ0v) is 23.5. The van der Waals surface area contributed by atoms with E-state index in [1.54, 1.807) is 31.2 Å². The Labute approximate surface area is 233 Å². The average Bonchev–Trinajstić information content (AvgIpc) is 3.34. The molecule has 3 aliphatic heterocycles. The molecule has 0 radical (unpaired) electrons. The maximum Gasteiger partial charge on any atom is 0.296 e. The van der Waals surface area contributed by atoms with Crippen molar-refractivity contribution in [2.75, 3.05) is 64.9 Å². The zero-order chi connectivity index (χ0) is 28.8. The molecule has 0 aromatic heterocycles. The predicted octanol–water partition coefficient (Wildman–Crippen LogP) is 1.21. The summed E-state index contributed by atoms with van der Waals surface area (Å²) < 4.78 is 32.7. The van der Waals surface area contributed by atoms with E-state index < -0.39 is 38.9 Å². The lowest BCUT2D eigenvalue weighted by Gasteiger charge is -2.35. The maximum absolute atomic E-state index is 14.2. The molecule has 0 aliphatic carbocycles. The first-order valence-electron chi connectivity index (χ1n) is 13.1. The topological polar surface area (TPSA) is 128 Å². The highest BCUT2D eigenvalue weighted by atomic mass is 32.2. The molecule has 12 heteroatoms. The molecule has 1 N–H and O–H groups in total. The molecule has 2 aromatic rings. The van der Waals surface area contributed by atoms with Crippen LogP contribution in [0.25, 0.3) is 5.76 Å². The third-order valence-electron chi connectivity index (χ3n) is 7.63. The highest BCUT2D eigenvalue weighted by molar-refractivity contribution is 7.89. The fraction of sp³-hybridized carbons (Fsp3) is 0.393. The van der Waals surface area contributed by atoms with Gasteiger partial charge in [-0.15, -0.1) is 0 Å². The summed E-state index contributed by atoms with van der Waals surface area (Å²) in [7, 11) is -0.152. The number of sulfonamides is 1. The molecule has 11 nitrogen and oxygen atoms in total. The molecule has 2 amide bonds. The van der Waals surface area contributed by atoms with Gasteiger partial charge in [-0.05, 0) is 51.4 Å². The normalized spacial score (nSPS) is 23.1. The Morgan fingerprint density at radius 1 is 1.02 bits per heavy atom. The molecule has 0 bridgehead atoms. The fourth-order valence-corrected chi connectivity index (χ4v) is 7.05. The van der Waals surface area contributed by atoms with Gasteiger partial charge in [0.15, 0.2) is 5.54 Å². The van der Waals surface area contributed by atoms with E-state index in [1.165, 1.54) is 38.4 Å². The molecule has 3 heterocycles. The third kappa shape index (κ3) is 4.14. The van der Waals surface area contributed by atoms with Crippen molar-refractivity contribution in [1.29, 1.82) is 0 Å². The van der Waals surface area contributed by atoms with Crippen LogP contribution in [0.5, 0.6) is 0 Å². The number of fused-ring (bicyclic) bond motifs is 2. The van der Waals surface area contributed by atoms with Crippen molar-refractivity contribution < 1.29 is 32.6 Å². The molecule has 5 rings (SSSR count). The molecule has 1 spiro atoms. The van der Waals surface area contributed by atoms with Crippen molar-refractivity contribution in [2.45, 2.75) is 17.4 Å². The number of para-hydroxylation sites is 1. The van der Waals surface area contributed by atoms with Crippen molar-refractivity contribution in [1.82, 2.24) is 14.1 Å². The quantitative estimate of drug-likeness (QED) is 0.300. The van der Waals surface area contributed by atoms with Gasteiger partial charge in [0.05, 0.1) is 29.4 Å². The van der Waals surface area contributed by atoms with Crippen LogP contribution in [-0.4, -0.2) is 105 Å². The van der Waals surface area contributed by atoms with E-state index >= 15 is 0 Å². The second kappa shape index (κ2) is 10.4. The van der Waals surface area contributed by atoms with Gasteiger partial charge in [-0.25, -0.2) is 8.42 Å². The van der Waals surface area contributed by atoms with E-state index in [2.05, 4.69) is 0 Å². The minimum Gasteiger partial charge on any atom is -0.507 e. The Morgan fingerprint density at radius 2 is 1.68 bits per heavy atom.